The molecule has 2 aliphatic heterocycles. The molecule has 0 saturated carbocycles. The Labute approximate surface area is 184 Å². The van der Waals surface area contributed by atoms with E-state index in [1.54, 1.807) is 28.8 Å². The third-order valence-electron chi connectivity index (χ3n) is 5.85. The largest absolute Gasteiger partial charge is 0.334 e. The molecule has 4 rings (SSSR count). The van der Waals surface area contributed by atoms with E-state index in [1.165, 1.54) is 12.1 Å². The van der Waals surface area contributed by atoms with Gasteiger partial charge in [-0.25, -0.2) is 4.79 Å². The Morgan fingerprint density at radius 1 is 1.06 bits per heavy atom. The van der Waals surface area contributed by atoms with Crippen molar-refractivity contribution < 1.29 is 14.5 Å². The molecule has 162 valence electrons. The number of nitrogens with zero attached hydrogens (tertiary/aromatic N) is 3. The average molecular weight is 441 g/mol. The van der Waals surface area contributed by atoms with Gasteiger partial charge in [0.2, 0.25) is 0 Å². The zero-order valence-corrected chi connectivity index (χ0v) is 17.8. The number of piperidine rings is 1. The van der Waals surface area contributed by atoms with Crippen LogP contribution in [0.4, 0.5) is 10.5 Å². The van der Waals surface area contributed by atoms with Crippen molar-refractivity contribution in [2.75, 3.05) is 25.4 Å². The molecule has 1 spiro atoms. The van der Waals surface area contributed by atoms with Crippen LogP contribution in [-0.2, 0) is 6.54 Å². The van der Waals surface area contributed by atoms with Crippen LogP contribution in [0, 0.1) is 10.1 Å². The van der Waals surface area contributed by atoms with E-state index in [2.05, 4.69) is 5.32 Å². The summed E-state index contributed by atoms with van der Waals surface area (Å²) in [6.07, 6.45) is 1.36. The summed E-state index contributed by atoms with van der Waals surface area (Å²) < 4.78 is 0. The fourth-order valence-electron chi connectivity index (χ4n) is 4.16. The summed E-state index contributed by atoms with van der Waals surface area (Å²) in [5.41, 5.74) is 1.29. The normalized spacial score (nSPS) is 17.5. The summed E-state index contributed by atoms with van der Waals surface area (Å²) in [6.45, 7) is 2.21. The average Bonchev–Trinajstić information content (AvgIpc) is 3.21. The standard InChI is InChI=1S/C22H24N4O4S/c27-20(18-7-4-8-19(15-18)26(29)30)25-13-14-31-22(25)9-11-24(12-10-22)21(28)23-16-17-5-2-1-3-6-17/h1-8,15H,9-14,16H2,(H,23,28). The van der Waals surface area contributed by atoms with Gasteiger partial charge >= 0.3 is 6.03 Å². The molecule has 2 heterocycles. The summed E-state index contributed by atoms with van der Waals surface area (Å²) in [5, 5.41) is 14.0. The maximum Gasteiger partial charge on any atom is 0.317 e. The molecule has 0 bridgehead atoms. The highest BCUT2D eigenvalue weighted by Gasteiger charge is 2.47. The van der Waals surface area contributed by atoms with Crippen molar-refractivity contribution in [2.45, 2.75) is 24.3 Å². The van der Waals surface area contributed by atoms with Crippen molar-refractivity contribution in [2.24, 2.45) is 0 Å². The lowest BCUT2D eigenvalue weighted by Gasteiger charge is -2.44. The van der Waals surface area contributed by atoms with Gasteiger partial charge in [0.1, 0.15) is 0 Å². The van der Waals surface area contributed by atoms with Gasteiger partial charge in [0, 0.05) is 49.6 Å². The molecule has 2 fully saturated rings. The van der Waals surface area contributed by atoms with E-state index in [-0.39, 0.29) is 22.5 Å². The highest BCUT2D eigenvalue weighted by atomic mass is 32.2. The number of hydrogen-bond acceptors (Lipinski definition) is 5. The highest BCUT2D eigenvalue weighted by Crippen LogP contribution is 2.44. The Hall–Kier alpha value is -3.07. The Bertz CT molecular complexity index is 976. The van der Waals surface area contributed by atoms with Crippen LogP contribution in [0.1, 0.15) is 28.8 Å². The third-order valence-corrected chi connectivity index (χ3v) is 7.40. The molecular formula is C22H24N4O4S. The number of nitro groups is 1. The molecule has 9 heteroatoms. The predicted molar refractivity (Wildman–Crippen MR) is 119 cm³/mol. The number of nitro benzene ring substituents is 1. The van der Waals surface area contributed by atoms with E-state index in [1.807, 2.05) is 35.2 Å². The first-order valence-corrected chi connectivity index (χ1v) is 11.2. The molecule has 0 radical (unpaired) electrons. The molecule has 2 saturated heterocycles. The fourth-order valence-corrected chi connectivity index (χ4v) is 5.62. The summed E-state index contributed by atoms with van der Waals surface area (Å²) in [5.74, 6) is 0.636. The smallest absolute Gasteiger partial charge is 0.317 e. The van der Waals surface area contributed by atoms with Crippen molar-refractivity contribution in [1.82, 2.24) is 15.1 Å². The van der Waals surface area contributed by atoms with Gasteiger partial charge in [-0.1, -0.05) is 36.4 Å². The molecule has 1 N–H and O–H groups in total. The number of carbonyl (C=O) groups excluding carboxylic acids is 2. The van der Waals surface area contributed by atoms with E-state index in [9.17, 15) is 19.7 Å². The number of non-ortho nitro benzene ring substituents is 1. The minimum Gasteiger partial charge on any atom is -0.334 e. The molecule has 0 atom stereocenters. The van der Waals surface area contributed by atoms with E-state index in [0.29, 0.717) is 44.6 Å². The van der Waals surface area contributed by atoms with Gasteiger partial charge in [-0.05, 0) is 24.5 Å². The van der Waals surface area contributed by atoms with Gasteiger partial charge in [-0.2, -0.15) is 0 Å². The Balaban J connectivity index is 1.39. The molecule has 2 aromatic carbocycles. The highest BCUT2D eigenvalue weighted by molar-refractivity contribution is 8.00. The fraction of sp³-hybridized carbons (Fsp3) is 0.364. The van der Waals surface area contributed by atoms with Crippen LogP contribution in [-0.4, -0.2) is 56.9 Å². The molecular weight excluding hydrogens is 416 g/mol. The van der Waals surface area contributed by atoms with Crippen LogP contribution in [0.25, 0.3) is 0 Å². The molecule has 0 aromatic heterocycles. The summed E-state index contributed by atoms with van der Waals surface area (Å²) >= 11 is 1.74. The number of thioether (sulfide) groups is 1. The maximum atomic E-state index is 13.2. The van der Waals surface area contributed by atoms with Crippen molar-refractivity contribution in [3.8, 4) is 0 Å². The SMILES string of the molecule is O=C(NCc1ccccc1)N1CCC2(CC1)SCCN2C(=O)c1cccc([N+](=O)[O-])c1. The first-order chi connectivity index (χ1) is 15.0. The zero-order chi connectivity index (χ0) is 21.8. The van der Waals surface area contributed by atoms with Crippen LogP contribution >= 0.6 is 11.8 Å². The van der Waals surface area contributed by atoms with Gasteiger partial charge < -0.3 is 15.1 Å². The number of amides is 3. The van der Waals surface area contributed by atoms with Gasteiger partial charge in [0.25, 0.3) is 11.6 Å². The van der Waals surface area contributed by atoms with Crippen LogP contribution in [0.5, 0.6) is 0 Å². The van der Waals surface area contributed by atoms with Crippen LogP contribution in [0.3, 0.4) is 0 Å². The van der Waals surface area contributed by atoms with Crippen LogP contribution in [0.2, 0.25) is 0 Å². The second-order valence-electron chi connectivity index (χ2n) is 7.69. The first-order valence-electron chi connectivity index (χ1n) is 10.3. The van der Waals surface area contributed by atoms with Crippen molar-refractivity contribution in [3.63, 3.8) is 0 Å². The van der Waals surface area contributed by atoms with E-state index in [0.717, 1.165) is 11.3 Å². The summed E-state index contributed by atoms with van der Waals surface area (Å²) in [7, 11) is 0. The number of hydrogen-bond donors (Lipinski definition) is 1. The molecule has 31 heavy (non-hydrogen) atoms. The topological polar surface area (TPSA) is 95.8 Å². The lowest BCUT2D eigenvalue weighted by Crippen LogP contribution is -2.55. The Morgan fingerprint density at radius 3 is 2.52 bits per heavy atom. The van der Waals surface area contributed by atoms with E-state index in [4.69, 9.17) is 0 Å². The maximum absolute atomic E-state index is 13.2. The van der Waals surface area contributed by atoms with Crippen LogP contribution in [0.15, 0.2) is 54.6 Å². The van der Waals surface area contributed by atoms with Gasteiger partial charge in [-0.3, -0.25) is 14.9 Å². The number of benzene rings is 2. The minimum atomic E-state index is -0.488. The molecule has 8 nitrogen and oxygen atoms in total. The second-order valence-corrected chi connectivity index (χ2v) is 9.15. The molecule has 0 unspecified atom stereocenters. The Morgan fingerprint density at radius 2 is 1.81 bits per heavy atom. The number of rotatable bonds is 4. The number of urea groups is 1. The van der Waals surface area contributed by atoms with Gasteiger partial charge in [-0.15, -0.1) is 11.8 Å². The molecule has 2 aliphatic rings. The van der Waals surface area contributed by atoms with Crippen molar-refractivity contribution >= 4 is 29.4 Å². The lowest BCUT2D eigenvalue weighted by molar-refractivity contribution is -0.384. The molecule has 3 amide bonds. The number of carbonyl (C=O) groups is 2. The van der Waals surface area contributed by atoms with Gasteiger partial charge in [0.15, 0.2) is 0 Å². The van der Waals surface area contributed by atoms with Crippen molar-refractivity contribution in [1.29, 1.82) is 0 Å². The Kier molecular flexibility index (Phi) is 6.13. The minimum absolute atomic E-state index is 0.0864. The predicted octanol–water partition coefficient (Wildman–Crippen LogP) is 3.49. The molecule has 2 aromatic rings. The van der Waals surface area contributed by atoms with E-state index >= 15 is 0 Å². The van der Waals surface area contributed by atoms with Gasteiger partial charge in [0.05, 0.1) is 9.79 Å². The van der Waals surface area contributed by atoms with Crippen LogP contribution < -0.4 is 5.32 Å². The monoisotopic (exact) mass is 440 g/mol. The molecule has 0 aliphatic carbocycles. The first kappa shape index (κ1) is 21.2. The lowest BCUT2D eigenvalue weighted by atomic mass is 10.0. The second kappa shape index (κ2) is 8.97. The third kappa shape index (κ3) is 4.51. The zero-order valence-electron chi connectivity index (χ0n) is 17.0. The summed E-state index contributed by atoms with van der Waals surface area (Å²) in [6, 6.07) is 15.6. The number of nitrogens with one attached hydrogen (secondary N) is 1. The van der Waals surface area contributed by atoms with E-state index < -0.39 is 4.92 Å². The quantitative estimate of drug-likeness (QED) is 0.580. The van der Waals surface area contributed by atoms with Crippen molar-refractivity contribution in [3.05, 3.63) is 75.8 Å². The summed E-state index contributed by atoms with van der Waals surface area (Å²) in [4.78, 5) is 39.6. The number of likely N-dealkylation sites (tertiary alicyclic amines) is 1.